The first-order chi connectivity index (χ1) is 29.0. The fourth-order valence-electron chi connectivity index (χ4n) is 6.51. The average Bonchev–Trinajstić information content (AvgIpc) is 3.23. The monoisotopic (exact) mass is 823 g/mol. The predicted molar refractivity (Wildman–Crippen MR) is 251 cm³/mol. The van der Waals surface area contributed by atoms with Crippen molar-refractivity contribution >= 4 is 17.9 Å². The molecule has 0 aromatic carbocycles. The van der Waals surface area contributed by atoms with E-state index >= 15 is 0 Å². The Morgan fingerprint density at radius 2 is 0.729 bits per heavy atom. The molecule has 0 heterocycles. The van der Waals surface area contributed by atoms with Gasteiger partial charge in [0.1, 0.15) is 13.2 Å². The number of allylic oxidation sites excluding steroid dienone is 12. The molecule has 0 spiro atoms. The highest BCUT2D eigenvalue weighted by Gasteiger charge is 2.19. The van der Waals surface area contributed by atoms with Gasteiger partial charge in [-0.15, -0.1) is 0 Å². The van der Waals surface area contributed by atoms with Gasteiger partial charge in [-0.2, -0.15) is 0 Å². The van der Waals surface area contributed by atoms with E-state index in [0.717, 1.165) is 103 Å². The van der Waals surface area contributed by atoms with Gasteiger partial charge in [-0.25, -0.2) is 0 Å². The minimum atomic E-state index is -0.802. The number of rotatable bonds is 43. The topological polar surface area (TPSA) is 78.9 Å². The van der Waals surface area contributed by atoms with Crippen LogP contribution in [0.2, 0.25) is 0 Å². The van der Waals surface area contributed by atoms with Gasteiger partial charge in [0.25, 0.3) is 0 Å². The zero-order chi connectivity index (χ0) is 43.0. The van der Waals surface area contributed by atoms with Gasteiger partial charge in [-0.1, -0.05) is 184 Å². The highest BCUT2D eigenvalue weighted by molar-refractivity contribution is 5.71. The Hall–Kier alpha value is -3.15. The molecule has 0 bridgehead atoms. The second-order valence-electron chi connectivity index (χ2n) is 16.0. The van der Waals surface area contributed by atoms with Crippen molar-refractivity contribution < 1.29 is 28.6 Å². The normalized spacial score (nSPS) is 12.7. The van der Waals surface area contributed by atoms with Crippen LogP contribution in [-0.4, -0.2) is 37.2 Å². The molecule has 6 heteroatoms. The number of esters is 3. The molecule has 0 aliphatic heterocycles. The Morgan fingerprint density at radius 1 is 0.373 bits per heavy atom. The van der Waals surface area contributed by atoms with Gasteiger partial charge in [0, 0.05) is 19.3 Å². The quantitative estimate of drug-likeness (QED) is 0.0200. The van der Waals surface area contributed by atoms with Gasteiger partial charge in [0.05, 0.1) is 0 Å². The molecule has 0 amide bonds. The van der Waals surface area contributed by atoms with Crippen molar-refractivity contribution in [2.24, 2.45) is 0 Å². The molecular weight excluding hydrogens is 733 g/mol. The number of hydrogen-bond acceptors (Lipinski definition) is 6. The number of unbranched alkanes of at least 4 members (excludes halogenated alkanes) is 21. The van der Waals surface area contributed by atoms with Gasteiger partial charge < -0.3 is 14.2 Å². The van der Waals surface area contributed by atoms with E-state index in [1.807, 2.05) is 0 Å². The lowest BCUT2D eigenvalue weighted by Gasteiger charge is -2.18. The zero-order valence-corrected chi connectivity index (χ0v) is 38.5. The first-order valence-corrected chi connectivity index (χ1v) is 24.5. The Balaban J connectivity index is 4.41. The van der Waals surface area contributed by atoms with Crippen molar-refractivity contribution in [2.75, 3.05) is 13.2 Å². The van der Waals surface area contributed by atoms with Crippen molar-refractivity contribution in [3.63, 3.8) is 0 Å². The summed E-state index contributed by atoms with van der Waals surface area (Å²) in [5, 5.41) is 0. The lowest BCUT2D eigenvalue weighted by molar-refractivity contribution is -0.167. The van der Waals surface area contributed by atoms with Gasteiger partial charge >= 0.3 is 17.9 Å². The van der Waals surface area contributed by atoms with Crippen molar-refractivity contribution in [3.05, 3.63) is 72.9 Å². The van der Waals surface area contributed by atoms with E-state index in [9.17, 15) is 14.4 Å². The maximum Gasteiger partial charge on any atom is 0.306 e. The number of ether oxygens (including phenoxy) is 3. The van der Waals surface area contributed by atoms with Crippen LogP contribution in [0.5, 0.6) is 0 Å². The Kier molecular flexibility index (Phi) is 45.0. The molecule has 6 nitrogen and oxygen atoms in total. The van der Waals surface area contributed by atoms with E-state index in [-0.39, 0.29) is 31.1 Å². The minimum Gasteiger partial charge on any atom is -0.462 e. The molecule has 59 heavy (non-hydrogen) atoms. The molecule has 0 saturated heterocycles. The summed E-state index contributed by atoms with van der Waals surface area (Å²) in [7, 11) is 0. The Morgan fingerprint density at radius 3 is 1.24 bits per heavy atom. The molecule has 0 rings (SSSR count). The van der Waals surface area contributed by atoms with E-state index in [0.29, 0.717) is 25.7 Å². The molecule has 0 aliphatic carbocycles. The SMILES string of the molecule is CC/C=C\C/C=C\C/C=C\CCCCCCC(=O)OC(COC(=O)CCC/C=C\CCCCCC)COC(=O)CCCCCCC/C=C\C=C/CCCCCCCCC. The summed E-state index contributed by atoms with van der Waals surface area (Å²) in [4.78, 5) is 37.8. The minimum absolute atomic E-state index is 0.102. The molecule has 1 atom stereocenters. The zero-order valence-electron chi connectivity index (χ0n) is 38.5. The van der Waals surface area contributed by atoms with E-state index < -0.39 is 6.10 Å². The molecule has 0 fully saturated rings. The lowest BCUT2D eigenvalue weighted by atomic mass is 10.1. The van der Waals surface area contributed by atoms with E-state index in [1.165, 1.54) is 77.0 Å². The smallest absolute Gasteiger partial charge is 0.306 e. The van der Waals surface area contributed by atoms with Crippen LogP contribution in [0, 0.1) is 0 Å². The summed E-state index contributed by atoms with van der Waals surface area (Å²) in [6, 6.07) is 0. The van der Waals surface area contributed by atoms with Crippen LogP contribution < -0.4 is 0 Å². The van der Waals surface area contributed by atoms with E-state index in [2.05, 4.69) is 93.7 Å². The fourth-order valence-corrected chi connectivity index (χ4v) is 6.51. The van der Waals surface area contributed by atoms with Gasteiger partial charge in [0.2, 0.25) is 0 Å². The molecule has 0 saturated carbocycles. The molecule has 0 aromatic rings. The van der Waals surface area contributed by atoms with Crippen molar-refractivity contribution in [2.45, 2.75) is 232 Å². The molecule has 0 aliphatic rings. The summed E-state index contributed by atoms with van der Waals surface area (Å²) >= 11 is 0. The summed E-state index contributed by atoms with van der Waals surface area (Å²) < 4.78 is 16.7. The first-order valence-electron chi connectivity index (χ1n) is 24.5. The third-order valence-corrected chi connectivity index (χ3v) is 10.2. The van der Waals surface area contributed by atoms with Crippen LogP contribution in [0.3, 0.4) is 0 Å². The van der Waals surface area contributed by atoms with Crippen LogP contribution in [-0.2, 0) is 28.6 Å². The van der Waals surface area contributed by atoms with Crippen molar-refractivity contribution in [3.8, 4) is 0 Å². The summed E-state index contributed by atoms with van der Waals surface area (Å²) in [6.45, 7) is 6.42. The average molecular weight is 823 g/mol. The predicted octanol–water partition coefficient (Wildman–Crippen LogP) is 15.9. The van der Waals surface area contributed by atoms with Crippen molar-refractivity contribution in [1.29, 1.82) is 0 Å². The van der Waals surface area contributed by atoms with Crippen molar-refractivity contribution in [1.82, 2.24) is 0 Å². The fraction of sp³-hybridized carbons (Fsp3) is 0.717. The van der Waals surface area contributed by atoms with E-state index in [4.69, 9.17) is 14.2 Å². The Bertz CT molecular complexity index is 1130. The van der Waals surface area contributed by atoms with Gasteiger partial charge in [-0.3, -0.25) is 14.4 Å². The molecule has 0 aromatic heterocycles. The van der Waals surface area contributed by atoms with Gasteiger partial charge in [-0.05, 0) is 96.3 Å². The molecule has 1 unspecified atom stereocenters. The van der Waals surface area contributed by atoms with Crippen LogP contribution in [0.15, 0.2) is 72.9 Å². The number of carbonyl (C=O) groups is 3. The Labute approximate surface area is 363 Å². The van der Waals surface area contributed by atoms with Crippen LogP contribution in [0.4, 0.5) is 0 Å². The first kappa shape index (κ1) is 55.9. The largest absolute Gasteiger partial charge is 0.462 e. The summed E-state index contributed by atoms with van der Waals surface area (Å²) in [5.41, 5.74) is 0. The summed E-state index contributed by atoms with van der Waals surface area (Å²) in [5.74, 6) is -0.978. The molecule has 0 radical (unpaired) electrons. The third-order valence-electron chi connectivity index (χ3n) is 10.2. The maximum absolute atomic E-state index is 12.7. The number of carbonyl (C=O) groups excluding carboxylic acids is 3. The third kappa shape index (κ3) is 45.8. The highest BCUT2D eigenvalue weighted by atomic mass is 16.6. The standard InChI is InChI=1S/C53H90O6/c1-4-7-10-13-16-19-21-23-25-26-27-28-30-31-34-37-40-43-46-52(55)58-49-50(48-57-51(54)45-42-39-36-33-18-15-12-9-6-3)59-53(56)47-44-41-38-35-32-29-24-22-20-17-14-11-8-5-2/h8,11,17,20,24-29,33,36,50H,4-7,9-10,12-16,18-19,21-23,30-32,34-35,37-49H2,1-3H3/b11-8-,20-17-,26-25-,28-27-,29-24-,36-33-. The molecule has 338 valence electrons. The molecular formula is C53H90O6. The second kappa shape index (κ2) is 47.5. The highest BCUT2D eigenvalue weighted by Crippen LogP contribution is 2.13. The van der Waals surface area contributed by atoms with Crippen LogP contribution in [0.25, 0.3) is 0 Å². The lowest BCUT2D eigenvalue weighted by Crippen LogP contribution is -2.30. The van der Waals surface area contributed by atoms with Gasteiger partial charge in [0.15, 0.2) is 6.10 Å². The van der Waals surface area contributed by atoms with Crippen LogP contribution in [0.1, 0.15) is 226 Å². The van der Waals surface area contributed by atoms with E-state index in [1.54, 1.807) is 0 Å². The number of hydrogen-bond donors (Lipinski definition) is 0. The molecule has 0 N–H and O–H groups in total. The second-order valence-corrected chi connectivity index (χ2v) is 16.0. The summed E-state index contributed by atoms with van der Waals surface area (Å²) in [6.07, 6.45) is 59.0. The van der Waals surface area contributed by atoms with Crippen LogP contribution >= 0.6 is 0 Å². The maximum atomic E-state index is 12.7.